The third-order valence-corrected chi connectivity index (χ3v) is 4.42. The summed E-state index contributed by atoms with van der Waals surface area (Å²) in [6.07, 6.45) is 2.10. The van der Waals surface area contributed by atoms with E-state index in [-0.39, 0.29) is 11.6 Å². The third-order valence-electron chi connectivity index (χ3n) is 4.42. The first-order valence-corrected chi connectivity index (χ1v) is 8.02. The van der Waals surface area contributed by atoms with Crippen molar-refractivity contribution in [3.63, 3.8) is 0 Å². The van der Waals surface area contributed by atoms with Crippen molar-refractivity contribution in [2.75, 3.05) is 6.54 Å². The highest BCUT2D eigenvalue weighted by atomic mass is 16.4. The van der Waals surface area contributed by atoms with Gasteiger partial charge in [0, 0.05) is 6.54 Å². The Morgan fingerprint density at radius 2 is 1.88 bits per heavy atom. The van der Waals surface area contributed by atoms with Crippen LogP contribution in [-0.2, 0) is 4.79 Å². The van der Waals surface area contributed by atoms with Gasteiger partial charge >= 0.3 is 5.97 Å². The number of likely N-dealkylation sites (tertiary alicyclic amines) is 1. The number of amides is 1. The van der Waals surface area contributed by atoms with Gasteiger partial charge in [-0.3, -0.25) is 4.79 Å². The van der Waals surface area contributed by atoms with Crippen LogP contribution in [0.25, 0.3) is 5.69 Å². The smallest absolute Gasteiger partial charge is 0.326 e. The van der Waals surface area contributed by atoms with Crippen LogP contribution in [0, 0.1) is 13.8 Å². The highest BCUT2D eigenvalue weighted by molar-refractivity contribution is 5.96. The summed E-state index contributed by atoms with van der Waals surface area (Å²) in [5.41, 5.74) is 2.77. The number of piperidine rings is 1. The van der Waals surface area contributed by atoms with E-state index in [0.29, 0.717) is 18.7 Å². The molecule has 1 aliphatic rings. The molecule has 7 heteroatoms. The maximum atomic E-state index is 12.8. The number of aryl methyl sites for hydroxylation is 1. The van der Waals surface area contributed by atoms with E-state index in [0.717, 1.165) is 24.1 Å². The molecule has 2 heterocycles. The minimum Gasteiger partial charge on any atom is -0.480 e. The lowest BCUT2D eigenvalue weighted by Crippen LogP contribution is -2.48. The zero-order chi connectivity index (χ0) is 17.3. The Balaban J connectivity index is 1.91. The first-order valence-electron chi connectivity index (χ1n) is 8.02. The van der Waals surface area contributed by atoms with Crippen LogP contribution in [0.3, 0.4) is 0 Å². The Kier molecular flexibility index (Phi) is 4.33. The van der Waals surface area contributed by atoms with Crippen molar-refractivity contribution in [2.24, 2.45) is 0 Å². The van der Waals surface area contributed by atoms with Crippen LogP contribution < -0.4 is 0 Å². The monoisotopic (exact) mass is 328 g/mol. The molecule has 3 rings (SSSR count). The molecule has 0 saturated carbocycles. The van der Waals surface area contributed by atoms with Crippen molar-refractivity contribution in [1.29, 1.82) is 0 Å². The molecule has 1 N–H and O–H groups in total. The number of carbonyl (C=O) groups is 2. The molecule has 1 saturated heterocycles. The summed E-state index contributed by atoms with van der Waals surface area (Å²) in [6.45, 7) is 4.20. The van der Waals surface area contributed by atoms with Gasteiger partial charge in [0.15, 0.2) is 5.69 Å². The van der Waals surface area contributed by atoms with Gasteiger partial charge in [0.2, 0.25) is 0 Å². The zero-order valence-electron chi connectivity index (χ0n) is 13.8. The molecule has 1 aromatic carbocycles. The van der Waals surface area contributed by atoms with Crippen LogP contribution in [0.4, 0.5) is 0 Å². The lowest BCUT2D eigenvalue weighted by atomic mass is 10.0. The molecule has 1 aromatic heterocycles. The van der Waals surface area contributed by atoms with Gasteiger partial charge in [-0.25, -0.2) is 9.48 Å². The lowest BCUT2D eigenvalue weighted by molar-refractivity contribution is -0.143. The van der Waals surface area contributed by atoms with E-state index in [1.54, 1.807) is 11.6 Å². The van der Waals surface area contributed by atoms with Gasteiger partial charge in [-0.1, -0.05) is 22.9 Å². The third kappa shape index (κ3) is 2.89. The van der Waals surface area contributed by atoms with Crippen molar-refractivity contribution in [1.82, 2.24) is 19.9 Å². The highest BCUT2D eigenvalue weighted by Crippen LogP contribution is 2.21. The van der Waals surface area contributed by atoms with E-state index in [4.69, 9.17) is 0 Å². The quantitative estimate of drug-likeness (QED) is 0.930. The Labute approximate surface area is 139 Å². The van der Waals surface area contributed by atoms with Crippen molar-refractivity contribution < 1.29 is 14.7 Å². The summed E-state index contributed by atoms with van der Waals surface area (Å²) in [5.74, 6) is -1.33. The topological polar surface area (TPSA) is 88.3 Å². The van der Waals surface area contributed by atoms with E-state index in [2.05, 4.69) is 10.3 Å². The minimum atomic E-state index is -0.966. The van der Waals surface area contributed by atoms with Crippen molar-refractivity contribution in [2.45, 2.75) is 39.2 Å². The summed E-state index contributed by atoms with van der Waals surface area (Å²) < 4.78 is 1.60. The average molecular weight is 328 g/mol. The summed E-state index contributed by atoms with van der Waals surface area (Å²) in [6, 6.07) is 6.96. The van der Waals surface area contributed by atoms with Gasteiger partial charge in [-0.15, -0.1) is 5.10 Å². The molecule has 0 aliphatic carbocycles. The van der Waals surface area contributed by atoms with E-state index < -0.39 is 12.0 Å². The number of aliphatic carboxylic acids is 1. The number of aromatic nitrogens is 3. The second kappa shape index (κ2) is 6.43. The second-order valence-electron chi connectivity index (χ2n) is 6.12. The first-order chi connectivity index (χ1) is 11.5. The van der Waals surface area contributed by atoms with Gasteiger partial charge in [0.25, 0.3) is 5.91 Å². The van der Waals surface area contributed by atoms with Crippen LogP contribution >= 0.6 is 0 Å². The fourth-order valence-electron chi connectivity index (χ4n) is 3.03. The molecular formula is C17H20N4O3. The number of benzene rings is 1. The summed E-state index contributed by atoms with van der Waals surface area (Å²) in [5, 5.41) is 17.4. The summed E-state index contributed by atoms with van der Waals surface area (Å²) in [7, 11) is 0. The predicted molar refractivity (Wildman–Crippen MR) is 87.1 cm³/mol. The van der Waals surface area contributed by atoms with Crippen LogP contribution in [0.15, 0.2) is 24.3 Å². The Bertz CT molecular complexity index is 767. The standard InChI is InChI=1S/C17H20N4O3/c1-11-6-8-13(9-7-11)21-12(2)15(18-19-21)16(22)20-10-4-3-5-14(20)17(23)24/h6-9,14H,3-5,10H2,1-2H3,(H,23,24)/t14-/m0/s1. The van der Waals surface area contributed by atoms with Crippen molar-refractivity contribution in [3.8, 4) is 5.69 Å². The lowest BCUT2D eigenvalue weighted by Gasteiger charge is -2.32. The normalized spacial score (nSPS) is 17.8. The Morgan fingerprint density at radius 1 is 1.17 bits per heavy atom. The number of rotatable bonds is 3. The number of hydrogen-bond donors (Lipinski definition) is 1. The number of nitrogens with zero attached hydrogens (tertiary/aromatic N) is 4. The molecular weight excluding hydrogens is 308 g/mol. The Hall–Kier alpha value is -2.70. The predicted octanol–water partition coefficient (Wildman–Crippen LogP) is 1.96. The molecule has 0 radical (unpaired) electrons. The van der Waals surface area contributed by atoms with Gasteiger partial charge in [-0.2, -0.15) is 0 Å². The average Bonchev–Trinajstić information content (AvgIpc) is 2.96. The van der Waals surface area contributed by atoms with Crippen molar-refractivity contribution >= 4 is 11.9 Å². The van der Waals surface area contributed by atoms with E-state index in [1.165, 1.54) is 4.90 Å². The molecule has 2 aromatic rings. The fourth-order valence-corrected chi connectivity index (χ4v) is 3.03. The van der Waals surface area contributed by atoms with Gasteiger partial charge in [0.05, 0.1) is 11.4 Å². The van der Waals surface area contributed by atoms with Gasteiger partial charge in [-0.05, 0) is 45.2 Å². The first kappa shape index (κ1) is 16.2. The SMILES string of the molecule is Cc1ccc(-n2nnc(C(=O)N3CCCC[C@H]3C(=O)O)c2C)cc1. The van der Waals surface area contributed by atoms with Crippen LogP contribution in [0.5, 0.6) is 0 Å². The molecule has 1 amide bonds. The molecule has 1 atom stereocenters. The molecule has 0 bridgehead atoms. The maximum Gasteiger partial charge on any atom is 0.326 e. The number of carboxylic acid groups (broad SMARTS) is 1. The largest absolute Gasteiger partial charge is 0.480 e. The molecule has 126 valence electrons. The van der Waals surface area contributed by atoms with Crippen LogP contribution in [0.1, 0.15) is 41.0 Å². The van der Waals surface area contributed by atoms with Crippen LogP contribution in [-0.4, -0.2) is 49.5 Å². The second-order valence-corrected chi connectivity index (χ2v) is 6.12. The number of hydrogen-bond acceptors (Lipinski definition) is 4. The maximum absolute atomic E-state index is 12.8. The molecule has 7 nitrogen and oxygen atoms in total. The minimum absolute atomic E-state index is 0.212. The van der Waals surface area contributed by atoms with Crippen LogP contribution in [0.2, 0.25) is 0 Å². The fraction of sp³-hybridized carbons (Fsp3) is 0.412. The van der Waals surface area contributed by atoms with Gasteiger partial charge in [0.1, 0.15) is 6.04 Å². The van der Waals surface area contributed by atoms with Gasteiger partial charge < -0.3 is 10.0 Å². The molecule has 0 unspecified atom stereocenters. The molecule has 1 fully saturated rings. The number of carboxylic acids is 1. The van der Waals surface area contributed by atoms with Crippen molar-refractivity contribution in [3.05, 3.63) is 41.2 Å². The zero-order valence-corrected chi connectivity index (χ0v) is 13.8. The van der Waals surface area contributed by atoms with E-state index in [9.17, 15) is 14.7 Å². The molecule has 0 spiro atoms. The van der Waals surface area contributed by atoms with E-state index >= 15 is 0 Å². The number of carbonyl (C=O) groups excluding carboxylic acids is 1. The highest BCUT2D eigenvalue weighted by Gasteiger charge is 2.34. The molecule has 24 heavy (non-hydrogen) atoms. The molecule has 1 aliphatic heterocycles. The van der Waals surface area contributed by atoms with E-state index in [1.807, 2.05) is 31.2 Å². The summed E-state index contributed by atoms with van der Waals surface area (Å²) >= 11 is 0. The summed E-state index contributed by atoms with van der Waals surface area (Å²) in [4.78, 5) is 25.6. The Morgan fingerprint density at radius 3 is 2.54 bits per heavy atom.